The molecule has 1 aromatic rings. The first-order valence-electron chi connectivity index (χ1n) is 7.12. The molecule has 0 bridgehead atoms. The number of halogens is 1. The summed E-state index contributed by atoms with van der Waals surface area (Å²) in [4.78, 5) is 23.3. The molecule has 1 aliphatic carbocycles. The molecule has 1 aromatic heterocycles. The van der Waals surface area contributed by atoms with Crippen LogP contribution in [0.5, 0.6) is 0 Å². The van der Waals surface area contributed by atoms with Crippen LogP contribution in [0.4, 0.5) is 0 Å². The maximum absolute atomic E-state index is 9.55. The van der Waals surface area contributed by atoms with Gasteiger partial charge in [0.2, 0.25) is 0 Å². The van der Waals surface area contributed by atoms with Crippen LogP contribution in [-0.2, 0) is 9.59 Å². The molecule has 1 fully saturated rings. The summed E-state index contributed by atoms with van der Waals surface area (Å²) in [6, 6.07) is 2.16. The number of carboxylic acids is 2. The fraction of sp³-hybridized carbons (Fsp3) is 0.312. The average Bonchev–Trinajstić information content (AvgIpc) is 3.07. The number of carbonyl (C=O) groups is 2. The Hall–Kier alpha value is -1.99. The number of hydrogen-bond acceptors (Lipinski definition) is 4. The third-order valence-electron chi connectivity index (χ3n) is 3.73. The second-order valence-electron chi connectivity index (χ2n) is 5.38. The van der Waals surface area contributed by atoms with E-state index in [-0.39, 0.29) is 0 Å². The van der Waals surface area contributed by atoms with Crippen LogP contribution < -0.4 is 5.32 Å². The summed E-state index contributed by atoms with van der Waals surface area (Å²) in [6.07, 6.45) is 8.54. The van der Waals surface area contributed by atoms with Crippen molar-refractivity contribution in [3.8, 4) is 0 Å². The van der Waals surface area contributed by atoms with Crippen LogP contribution in [-0.4, -0.2) is 40.2 Å². The Balaban J connectivity index is 0.000000207. The lowest BCUT2D eigenvalue weighted by Gasteiger charge is -2.06. The van der Waals surface area contributed by atoms with E-state index in [1.165, 1.54) is 24.1 Å². The normalized spacial score (nSPS) is 22.2. The molecule has 3 rings (SSSR count). The summed E-state index contributed by atoms with van der Waals surface area (Å²) in [5, 5.41) is 19.1. The number of nitrogens with zero attached hydrogens (tertiary/aromatic N) is 1. The number of allylic oxidation sites excluding steroid dienone is 1. The van der Waals surface area contributed by atoms with Gasteiger partial charge in [-0.15, -0.1) is 0 Å². The van der Waals surface area contributed by atoms with E-state index < -0.39 is 11.9 Å². The first-order valence-corrected chi connectivity index (χ1v) is 7.91. The smallest absolute Gasteiger partial charge is 0.328 e. The lowest BCUT2D eigenvalue weighted by molar-refractivity contribution is -0.134. The number of carboxylic acid groups (broad SMARTS) is 2. The van der Waals surface area contributed by atoms with Crippen molar-refractivity contribution in [3.63, 3.8) is 0 Å². The quantitative estimate of drug-likeness (QED) is 0.695. The summed E-state index contributed by atoms with van der Waals surface area (Å²) < 4.78 is 1.07. The monoisotopic (exact) mass is 380 g/mol. The lowest BCUT2D eigenvalue weighted by Crippen LogP contribution is -2.09. The molecule has 7 heteroatoms. The highest BCUT2D eigenvalue weighted by Crippen LogP contribution is 2.38. The molecular weight excluding hydrogens is 364 g/mol. The number of hydrogen-bond donors (Lipinski definition) is 3. The fourth-order valence-corrected chi connectivity index (χ4v) is 3.09. The molecule has 3 N–H and O–H groups in total. The van der Waals surface area contributed by atoms with E-state index in [0.29, 0.717) is 12.2 Å². The van der Waals surface area contributed by atoms with Crippen molar-refractivity contribution < 1.29 is 19.8 Å². The van der Waals surface area contributed by atoms with Crippen LogP contribution in [0, 0.1) is 11.8 Å². The van der Waals surface area contributed by atoms with Crippen molar-refractivity contribution in [1.82, 2.24) is 10.3 Å². The van der Waals surface area contributed by atoms with Crippen molar-refractivity contribution in [2.24, 2.45) is 11.8 Å². The van der Waals surface area contributed by atoms with Crippen molar-refractivity contribution in [2.45, 2.75) is 6.42 Å². The minimum atomic E-state index is -1.26. The highest BCUT2D eigenvalue weighted by atomic mass is 79.9. The molecule has 0 saturated carbocycles. The highest BCUT2D eigenvalue weighted by Gasteiger charge is 2.31. The third-order valence-corrected chi connectivity index (χ3v) is 4.17. The zero-order valence-electron chi connectivity index (χ0n) is 12.3. The SMILES string of the molecule is Brc1cncc(C2=CC3CNCC3C2)c1.O=C(O)C=CC(=O)O. The third kappa shape index (κ3) is 5.30. The molecule has 0 amide bonds. The van der Waals surface area contributed by atoms with Crippen LogP contribution in [0.25, 0.3) is 5.57 Å². The summed E-state index contributed by atoms with van der Waals surface area (Å²) in [7, 11) is 0. The number of aromatic nitrogens is 1. The van der Waals surface area contributed by atoms with E-state index in [4.69, 9.17) is 10.2 Å². The Bertz CT molecular complexity index is 641. The number of nitrogens with one attached hydrogen (secondary N) is 1. The van der Waals surface area contributed by atoms with Gasteiger partial charge in [-0.1, -0.05) is 6.08 Å². The van der Waals surface area contributed by atoms with Crippen LogP contribution >= 0.6 is 15.9 Å². The van der Waals surface area contributed by atoms with Gasteiger partial charge in [0.1, 0.15) is 0 Å². The number of rotatable bonds is 3. The lowest BCUT2D eigenvalue weighted by atomic mass is 9.99. The van der Waals surface area contributed by atoms with Gasteiger partial charge in [-0.05, 0) is 57.9 Å². The minimum Gasteiger partial charge on any atom is -0.478 e. The van der Waals surface area contributed by atoms with Crippen LogP contribution in [0.1, 0.15) is 12.0 Å². The summed E-state index contributed by atoms with van der Waals surface area (Å²) in [5.41, 5.74) is 2.75. The Labute approximate surface area is 142 Å². The number of aliphatic carboxylic acids is 2. The molecule has 122 valence electrons. The molecule has 2 atom stereocenters. The van der Waals surface area contributed by atoms with Gasteiger partial charge >= 0.3 is 11.9 Å². The fourth-order valence-electron chi connectivity index (χ4n) is 2.73. The number of fused-ring (bicyclic) bond motifs is 1. The molecule has 23 heavy (non-hydrogen) atoms. The van der Waals surface area contributed by atoms with Crippen LogP contribution in [0.2, 0.25) is 0 Å². The Kier molecular flexibility index (Phi) is 6.06. The zero-order chi connectivity index (χ0) is 16.8. The molecule has 0 aromatic carbocycles. The second-order valence-corrected chi connectivity index (χ2v) is 6.30. The van der Waals surface area contributed by atoms with E-state index in [1.807, 2.05) is 12.4 Å². The van der Waals surface area contributed by atoms with Gasteiger partial charge in [-0.2, -0.15) is 0 Å². The van der Waals surface area contributed by atoms with E-state index >= 15 is 0 Å². The van der Waals surface area contributed by atoms with Crippen molar-refractivity contribution in [2.75, 3.05) is 13.1 Å². The van der Waals surface area contributed by atoms with E-state index in [1.54, 1.807) is 0 Å². The first-order chi connectivity index (χ1) is 11.0. The van der Waals surface area contributed by atoms with E-state index in [9.17, 15) is 9.59 Å². The molecule has 2 unspecified atom stereocenters. The molecule has 2 heterocycles. The number of pyridine rings is 1. The predicted octanol–water partition coefficient (Wildman–Crippen LogP) is 2.18. The van der Waals surface area contributed by atoms with Crippen molar-refractivity contribution in [3.05, 3.63) is 46.7 Å². The van der Waals surface area contributed by atoms with Gasteiger partial charge in [-0.25, -0.2) is 9.59 Å². The predicted molar refractivity (Wildman–Crippen MR) is 88.8 cm³/mol. The second kappa shape index (κ2) is 8.03. The Morgan fingerprint density at radius 3 is 2.48 bits per heavy atom. The van der Waals surface area contributed by atoms with Gasteiger partial charge in [0, 0.05) is 35.6 Å². The summed E-state index contributed by atoms with van der Waals surface area (Å²) >= 11 is 3.47. The maximum Gasteiger partial charge on any atom is 0.328 e. The zero-order valence-corrected chi connectivity index (χ0v) is 13.9. The molecule has 0 spiro atoms. The Morgan fingerprint density at radius 2 is 1.91 bits per heavy atom. The molecule has 6 nitrogen and oxygen atoms in total. The van der Waals surface area contributed by atoms with Crippen molar-refractivity contribution >= 4 is 33.4 Å². The summed E-state index contributed by atoms with van der Waals surface area (Å²) in [6.45, 7) is 2.32. The van der Waals surface area contributed by atoms with Gasteiger partial charge in [-0.3, -0.25) is 4.98 Å². The largest absolute Gasteiger partial charge is 0.478 e. The molecule has 1 saturated heterocycles. The van der Waals surface area contributed by atoms with Gasteiger partial charge < -0.3 is 15.5 Å². The van der Waals surface area contributed by atoms with Gasteiger partial charge in [0.25, 0.3) is 0 Å². The van der Waals surface area contributed by atoms with Gasteiger partial charge in [0.05, 0.1) is 0 Å². The van der Waals surface area contributed by atoms with Crippen molar-refractivity contribution in [1.29, 1.82) is 0 Å². The maximum atomic E-state index is 9.55. The molecular formula is C16H17BrN2O4. The van der Waals surface area contributed by atoms with E-state index in [2.05, 4.69) is 38.4 Å². The molecule has 0 radical (unpaired) electrons. The summed E-state index contributed by atoms with van der Waals surface area (Å²) in [5.74, 6) is -0.947. The molecule has 2 aliphatic rings. The first kappa shape index (κ1) is 17.4. The Morgan fingerprint density at radius 1 is 1.22 bits per heavy atom. The minimum absolute atomic E-state index is 0.558. The standard InChI is InChI=1S/C12H13BrN2.C4H4O4/c13-12-3-11(6-15-7-12)8-1-9-4-14-5-10(9)2-8;5-3(6)1-2-4(7)8/h1,3,6-7,9-10,14H,2,4-5H2;1-2H,(H,5,6)(H,7,8). The molecule has 1 aliphatic heterocycles. The van der Waals surface area contributed by atoms with Gasteiger partial charge in [0.15, 0.2) is 0 Å². The highest BCUT2D eigenvalue weighted by molar-refractivity contribution is 9.10. The van der Waals surface area contributed by atoms with Crippen LogP contribution in [0.3, 0.4) is 0 Å². The topological polar surface area (TPSA) is 99.5 Å². The van der Waals surface area contributed by atoms with E-state index in [0.717, 1.165) is 22.9 Å². The average molecular weight is 381 g/mol. The van der Waals surface area contributed by atoms with Crippen LogP contribution in [0.15, 0.2) is 41.2 Å².